The van der Waals surface area contributed by atoms with Gasteiger partial charge < -0.3 is 14.8 Å². The molecule has 0 radical (unpaired) electrons. The lowest BCUT2D eigenvalue weighted by atomic mass is 10.1. The first-order valence-electron chi connectivity index (χ1n) is 10.9. The summed E-state index contributed by atoms with van der Waals surface area (Å²) in [6.07, 6.45) is 3.11. The molecule has 3 aromatic rings. The lowest BCUT2D eigenvalue weighted by molar-refractivity contribution is -0.131. The summed E-state index contributed by atoms with van der Waals surface area (Å²) < 4.78 is 2.08. The van der Waals surface area contributed by atoms with Gasteiger partial charge in [-0.3, -0.25) is 14.2 Å². The van der Waals surface area contributed by atoms with Crippen LogP contribution < -0.4 is 10.5 Å². The van der Waals surface area contributed by atoms with Gasteiger partial charge in [-0.05, 0) is 49.3 Å². The normalized spacial score (nSPS) is 14.2. The number of amides is 1. The number of carbonyl (C=O) groups is 1. The van der Waals surface area contributed by atoms with Crippen molar-refractivity contribution < 1.29 is 4.79 Å². The van der Waals surface area contributed by atoms with Crippen molar-refractivity contribution in [1.82, 2.24) is 14.5 Å². The fourth-order valence-electron chi connectivity index (χ4n) is 4.14. The lowest BCUT2D eigenvalue weighted by Crippen LogP contribution is -2.48. The van der Waals surface area contributed by atoms with Crippen LogP contribution in [-0.4, -0.2) is 46.5 Å². The molecule has 7 heteroatoms. The Balaban J connectivity index is 1.21. The van der Waals surface area contributed by atoms with E-state index in [1.54, 1.807) is 4.57 Å². The summed E-state index contributed by atoms with van der Waals surface area (Å²) in [6, 6.07) is 17.8. The van der Waals surface area contributed by atoms with E-state index in [1.165, 1.54) is 5.69 Å². The Kier molecular flexibility index (Phi) is 6.82. The van der Waals surface area contributed by atoms with Crippen molar-refractivity contribution in [3.8, 4) is 0 Å². The maximum atomic E-state index is 12.7. The van der Waals surface area contributed by atoms with Gasteiger partial charge in [0.2, 0.25) is 5.91 Å². The van der Waals surface area contributed by atoms with Crippen molar-refractivity contribution >= 4 is 34.7 Å². The number of carbonyl (C=O) groups excluding carboxylic acids is 1. The summed E-state index contributed by atoms with van der Waals surface area (Å²) in [7, 11) is 0. The number of anilines is 1. The summed E-state index contributed by atoms with van der Waals surface area (Å²) in [6.45, 7) is 3.87. The van der Waals surface area contributed by atoms with Gasteiger partial charge in [0.15, 0.2) is 4.77 Å². The topological polar surface area (TPSA) is 61.3 Å². The van der Waals surface area contributed by atoms with Gasteiger partial charge in [-0.1, -0.05) is 36.8 Å². The highest BCUT2D eigenvalue weighted by atomic mass is 32.1. The summed E-state index contributed by atoms with van der Waals surface area (Å²) in [5, 5.41) is 0.654. The molecule has 0 bridgehead atoms. The molecule has 0 atom stereocenters. The van der Waals surface area contributed by atoms with Crippen LogP contribution in [0.2, 0.25) is 0 Å². The van der Waals surface area contributed by atoms with Crippen LogP contribution in [-0.2, 0) is 11.3 Å². The molecule has 31 heavy (non-hydrogen) atoms. The number of piperazine rings is 1. The molecule has 1 N–H and O–H groups in total. The van der Waals surface area contributed by atoms with Gasteiger partial charge in [0.1, 0.15) is 0 Å². The molecule has 0 unspecified atom stereocenters. The third kappa shape index (κ3) is 5.05. The zero-order chi connectivity index (χ0) is 21.6. The van der Waals surface area contributed by atoms with E-state index in [0.29, 0.717) is 23.1 Å². The second-order valence-corrected chi connectivity index (χ2v) is 8.33. The number of hydrogen-bond donors (Lipinski definition) is 1. The highest BCUT2D eigenvalue weighted by molar-refractivity contribution is 7.71. The van der Waals surface area contributed by atoms with Gasteiger partial charge in [-0.2, -0.15) is 0 Å². The Morgan fingerprint density at radius 2 is 1.61 bits per heavy atom. The Bertz CT molecular complexity index is 1150. The fraction of sp³-hybridized carbons (Fsp3) is 0.375. The molecule has 1 fully saturated rings. The third-order valence-electron chi connectivity index (χ3n) is 5.92. The smallest absolute Gasteiger partial charge is 0.262 e. The zero-order valence-corrected chi connectivity index (χ0v) is 18.4. The van der Waals surface area contributed by atoms with Crippen molar-refractivity contribution in [2.75, 3.05) is 31.1 Å². The molecule has 0 spiro atoms. The third-order valence-corrected chi connectivity index (χ3v) is 6.24. The van der Waals surface area contributed by atoms with E-state index in [9.17, 15) is 9.59 Å². The van der Waals surface area contributed by atoms with E-state index in [-0.39, 0.29) is 11.5 Å². The first-order chi connectivity index (χ1) is 15.1. The average Bonchev–Trinajstić information content (AvgIpc) is 2.81. The fourth-order valence-corrected chi connectivity index (χ4v) is 4.42. The van der Waals surface area contributed by atoms with Gasteiger partial charge in [0.25, 0.3) is 5.56 Å². The Hall–Kier alpha value is -2.93. The average molecular weight is 437 g/mol. The molecule has 2 heterocycles. The number of nitrogens with zero attached hydrogens (tertiary/aromatic N) is 3. The predicted molar refractivity (Wildman–Crippen MR) is 127 cm³/mol. The summed E-state index contributed by atoms with van der Waals surface area (Å²) in [5.74, 6) is 0.230. The number of benzene rings is 2. The molecule has 0 saturated carbocycles. The molecule has 162 valence electrons. The van der Waals surface area contributed by atoms with E-state index in [4.69, 9.17) is 12.2 Å². The van der Waals surface area contributed by atoms with Crippen molar-refractivity contribution in [1.29, 1.82) is 0 Å². The second kappa shape index (κ2) is 9.92. The van der Waals surface area contributed by atoms with Gasteiger partial charge in [-0.15, -0.1) is 0 Å². The number of para-hydroxylation sites is 2. The van der Waals surface area contributed by atoms with Crippen molar-refractivity contribution in [3.05, 3.63) is 69.7 Å². The highest BCUT2D eigenvalue weighted by Crippen LogP contribution is 2.16. The summed E-state index contributed by atoms with van der Waals surface area (Å²) in [5.41, 5.74) is 1.94. The number of aromatic amines is 1. The molecular formula is C24H28N4O2S. The summed E-state index contributed by atoms with van der Waals surface area (Å²) in [4.78, 5) is 32.7. The standard InChI is InChI=1S/C24H28N4O2S/c29-22(27-17-15-26(16-18-27)19-9-3-1-4-10-19)13-5-2-8-14-28-23(30)20-11-6-7-12-21(20)25-24(28)31/h1,3-4,6-7,9-12H,2,5,8,13-18H2,(H,25,31). The van der Waals surface area contributed by atoms with E-state index in [0.717, 1.165) is 51.0 Å². The Morgan fingerprint density at radius 1 is 0.903 bits per heavy atom. The molecule has 1 amide bonds. The first kappa shape index (κ1) is 21.3. The van der Waals surface area contributed by atoms with E-state index >= 15 is 0 Å². The maximum Gasteiger partial charge on any atom is 0.262 e. The molecule has 2 aromatic carbocycles. The van der Waals surface area contributed by atoms with Crippen LogP contribution in [0.15, 0.2) is 59.4 Å². The minimum absolute atomic E-state index is 0.0493. The van der Waals surface area contributed by atoms with Crippen molar-refractivity contribution in [3.63, 3.8) is 0 Å². The second-order valence-electron chi connectivity index (χ2n) is 7.95. The SMILES string of the molecule is O=C(CCCCCn1c(=S)[nH]c2ccccc2c1=O)N1CCN(c2ccccc2)CC1. The molecule has 1 aliphatic heterocycles. The van der Waals surface area contributed by atoms with Gasteiger partial charge in [0, 0.05) is 44.8 Å². The molecule has 4 rings (SSSR count). The molecular weight excluding hydrogens is 408 g/mol. The largest absolute Gasteiger partial charge is 0.368 e. The van der Waals surface area contributed by atoms with Crippen LogP contribution in [0.4, 0.5) is 5.69 Å². The number of nitrogens with one attached hydrogen (secondary N) is 1. The Morgan fingerprint density at radius 3 is 2.39 bits per heavy atom. The van der Waals surface area contributed by atoms with Crippen LogP contribution >= 0.6 is 12.2 Å². The van der Waals surface area contributed by atoms with Crippen LogP contribution in [0.25, 0.3) is 10.9 Å². The minimum atomic E-state index is -0.0493. The number of unbranched alkanes of at least 4 members (excludes halogenated alkanes) is 2. The van der Waals surface area contributed by atoms with Crippen molar-refractivity contribution in [2.24, 2.45) is 0 Å². The van der Waals surface area contributed by atoms with Crippen LogP contribution in [0.3, 0.4) is 0 Å². The molecule has 6 nitrogen and oxygen atoms in total. The predicted octanol–water partition coefficient (Wildman–Crippen LogP) is 3.97. The monoisotopic (exact) mass is 436 g/mol. The van der Waals surface area contributed by atoms with Gasteiger partial charge in [-0.25, -0.2) is 0 Å². The van der Waals surface area contributed by atoms with Crippen LogP contribution in [0.5, 0.6) is 0 Å². The zero-order valence-electron chi connectivity index (χ0n) is 17.6. The number of rotatable bonds is 7. The number of H-pyrrole nitrogens is 1. The minimum Gasteiger partial charge on any atom is -0.368 e. The number of fused-ring (bicyclic) bond motifs is 1. The highest BCUT2D eigenvalue weighted by Gasteiger charge is 2.20. The molecule has 1 aliphatic rings. The van der Waals surface area contributed by atoms with E-state index in [2.05, 4.69) is 22.0 Å². The van der Waals surface area contributed by atoms with Crippen LogP contribution in [0.1, 0.15) is 25.7 Å². The van der Waals surface area contributed by atoms with Gasteiger partial charge in [0.05, 0.1) is 10.9 Å². The quantitative estimate of drug-likeness (QED) is 0.450. The Labute approximate surface area is 187 Å². The van der Waals surface area contributed by atoms with E-state index < -0.39 is 0 Å². The van der Waals surface area contributed by atoms with Crippen LogP contribution in [0, 0.1) is 4.77 Å². The van der Waals surface area contributed by atoms with Crippen molar-refractivity contribution in [2.45, 2.75) is 32.2 Å². The first-order valence-corrected chi connectivity index (χ1v) is 11.3. The molecule has 1 aromatic heterocycles. The maximum absolute atomic E-state index is 12.7. The lowest BCUT2D eigenvalue weighted by Gasteiger charge is -2.36. The number of aromatic nitrogens is 2. The summed E-state index contributed by atoms with van der Waals surface area (Å²) >= 11 is 5.36. The number of hydrogen-bond acceptors (Lipinski definition) is 4. The molecule has 0 aliphatic carbocycles. The van der Waals surface area contributed by atoms with E-state index in [1.807, 2.05) is 47.4 Å². The van der Waals surface area contributed by atoms with Gasteiger partial charge >= 0.3 is 0 Å². The molecule has 1 saturated heterocycles.